The fourth-order valence-corrected chi connectivity index (χ4v) is 10.3. The van der Waals surface area contributed by atoms with Crippen LogP contribution in [-0.4, -0.2) is 0 Å². The van der Waals surface area contributed by atoms with Crippen molar-refractivity contribution in [2.24, 2.45) is 0 Å². The molecule has 0 saturated heterocycles. The Hall–Kier alpha value is -8.72. The third kappa shape index (κ3) is 6.34. The number of fused-ring (bicyclic) bond motifs is 9. The molecule has 2 nitrogen and oxygen atoms in total. The summed E-state index contributed by atoms with van der Waals surface area (Å²) in [5.74, 6) is 0. The number of anilines is 3. The van der Waals surface area contributed by atoms with E-state index in [2.05, 4.69) is 241 Å². The van der Waals surface area contributed by atoms with Crippen LogP contribution in [0.25, 0.3) is 110 Å². The highest BCUT2D eigenvalue weighted by atomic mass is 16.3. The van der Waals surface area contributed by atoms with E-state index in [4.69, 9.17) is 4.42 Å². The largest absolute Gasteiger partial charge is 0.456 e. The topological polar surface area (TPSA) is 16.4 Å². The van der Waals surface area contributed by atoms with Gasteiger partial charge >= 0.3 is 0 Å². The molecule has 308 valence electrons. The molecule has 13 rings (SSSR count). The van der Waals surface area contributed by atoms with Crippen LogP contribution in [0.4, 0.5) is 17.1 Å². The molecular weight excluding hydrogens is 799 g/mol. The molecule has 0 fully saturated rings. The molecule has 2 heteroatoms. The number of hydrogen-bond acceptors (Lipinski definition) is 2. The summed E-state index contributed by atoms with van der Waals surface area (Å²) in [6, 6.07) is 90.5. The first-order chi connectivity index (χ1) is 32.7. The van der Waals surface area contributed by atoms with Gasteiger partial charge in [-0.2, -0.15) is 0 Å². The highest BCUT2D eigenvalue weighted by Crippen LogP contribution is 2.46. The molecule has 0 unspecified atom stereocenters. The van der Waals surface area contributed by atoms with E-state index in [0.29, 0.717) is 0 Å². The molecule has 0 atom stereocenters. The molecule has 0 saturated carbocycles. The summed E-state index contributed by atoms with van der Waals surface area (Å²) < 4.78 is 6.40. The van der Waals surface area contributed by atoms with Crippen molar-refractivity contribution in [2.45, 2.75) is 0 Å². The Labute approximate surface area is 382 Å². The van der Waals surface area contributed by atoms with Gasteiger partial charge in [0.2, 0.25) is 0 Å². The van der Waals surface area contributed by atoms with Gasteiger partial charge in [-0.15, -0.1) is 0 Å². The molecule has 66 heavy (non-hydrogen) atoms. The van der Waals surface area contributed by atoms with Crippen LogP contribution in [0.15, 0.2) is 253 Å². The molecule has 0 N–H and O–H groups in total. The number of furan rings is 1. The van der Waals surface area contributed by atoms with Crippen molar-refractivity contribution in [1.82, 2.24) is 0 Å². The van der Waals surface area contributed by atoms with E-state index in [9.17, 15) is 0 Å². The predicted octanol–water partition coefficient (Wildman–Crippen LogP) is 18.3. The summed E-state index contributed by atoms with van der Waals surface area (Å²) in [6.45, 7) is 0. The number of hydrogen-bond donors (Lipinski definition) is 0. The zero-order valence-corrected chi connectivity index (χ0v) is 36.0. The second-order valence-corrected chi connectivity index (χ2v) is 17.2. The van der Waals surface area contributed by atoms with Crippen molar-refractivity contribution >= 4 is 82.1 Å². The first-order valence-electron chi connectivity index (χ1n) is 22.7. The minimum absolute atomic E-state index is 0.884. The lowest BCUT2D eigenvalue weighted by molar-refractivity contribution is 0.669. The Balaban J connectivity index is 1.03. The normalized spacial score (nSPS) is 11.6. The first kappa shape index (κ1) is 37.8. The average molecular weight is 840 g/mol. The fourth-order valence-electron chi connectivity index (χ4n) is 10.3. The van der Waals surface area contributed by atoms with Gasteiger partial charge in [0.15, 0.2) is 0 Å². The lowest BCUT2D eigenvalue weighted by Gasteiger charge is -2.29. The number of para-hydroxylation sites is 1. The summed E-state index contributed by atoms with van der Waals surface area (Å²) in [4.78, 5) is 2.45. The Kier molecular flexibility index (Phi) is 8.89. The molecule has 0 aliphatic carbocycles. The van der Waals surface area contributed by atoms with Crippen molar-refractivity contribution in [2.75, 3.05) is 4.90 Å². The summed E-state index contributed by atoms with van der Waals surface area (Å²) in [5.41, 5.74) is 14.2. The average Bonchev–Trinajstić information content (AvgIpc) is 3.77. The smallest absolute Gasteiger partial charge is 0.136 e. The standard InChI is InChI=1S/C64H41NO/c1-2-15-42(16-3-1)53-35-32-48(61-39-47-18-5-7-22-52(47)55-24-9-11-26-57(55)61)40-62(53)65(50-20-14-19-44(37-50)45-31-36-59-58-27-12-13-28-63(58)66-64(59)41-45)49-33-29-43(30-34-49)60-38-46-17-4-6-21-51(46)54-23-8-10-25-56(54)60/h1-41H. The van der Waals surface area contributed by atoms with E-state index in [1.807, 2.05) is 12.1 Å². The molecule has 13 aromatic rings. The Morgan fingerprint density at radius 1 is 0.242 bits per heavy atom. The van der Waals surface area contributed by atoms with Gasteiger partial charge in [-0.05, 0) is 143 Å². The maximum absolute atomic E-state index is 6.40. The van der Waals surface area contributed by atoms with Crippen molar-refractivity contribution in [1.29, 1.82) is 0 Å². The van der Waals surface area contributed by atoms with Crippen LogP contribution in [0.3, 0.4) is 0 Å². The van der Waals surface area contributed by atoms with Gasteiger partial charge in [0.1, 0.15) is 11.2 Å². The number of nitrogens with zero attached hydrogens (tertiary/aromatic N) is 1. The first-order valence-corrected chi connectivity index (χ1v) is 22.7. The van der Waals surface area contributed by atoms with Crippen LogP contribution in [0.5, 0.6) is 0 Å². The molecule has 12 aromatic carbocycles. The summed E-state index contributed by atoms with van der Waals surface area (Å²) >= 11 is 0. The van der Waals surface area contributed by atoms with Crippen LogP contribution in [0.2, 0.25) is 0 Å². The Bertz CT molecular complexity index is 3990. The monoisotopic (exact) mass is 839 g/mol. The third-order valence-corrected chi connectivity index (χ3v) is 13.4. The quantitative estimate of drug-likeness (QED) is 0.149. The Morgan fingerprint density at radius 2 is 0.742 bits per heavy atom. The minimum Gasteiger partial charge on any atom is -0.456 e. The van der Waals surface area contributed by atoms with Crippen molar-refractivity contribution in [3.8, 4) is 44.5 Å². The molecule has 1 aromatic heterocycles. The highest BCUT2D eigenvalue weighted by Gasteiger charge is 2.21. The minimum atomic E-state index is 0.884. The van der Waals surface area contributed by atoms with E-state index in [0.717, 1.165) is 66.8 Å². The molecule has 0 aliphatic rings. The fraction of sp³-hybridized carbons (Fsp3) is 0. The van der Waals surface area contributed by atoms with E-state index < -0.39 is 0 Å². The van der Waals surface area contributed by atoms with E-state index in [1.54, 1.807) is 0 Å². The van der Waals surface area contributed by atoms with Crippen LogP contribution in [-0.2, 0) is 0 Å². The zero-order valence-electron chi connectivity index (χ0n) is 36.0. The maximum atomic E-state index is 6.40. The van der Waals surface area contributed by atoms with Crippen LogP contribution < -0.4 is 4.90 Å². The summed E-state index contributed by atoms with van der Waals surface area (Å²) in [6.07, 6.45) is 0. The van der Waals surface area contributed by atoms with Crippen LogP contribution in [0, 0.1) is 0 Å². The molecule has 0 aliphatic heterocycles. The second kappa shape index (κ2) is 15.5. The lowest BCUT2D eigenvalue weighted by Crippen LogP contribution is -2.11. The molecule has 0 amide bonds. The maximum Gasteiger partial charge on any atom is 0.136 e. The van der Waals surface area contributed by atoms with E-state index in [-0.39, 0.29) is 0 Å². The lowest BCUT2D eigenvalue weighted by atomic mass is 9.91. The molecule has 0 radical (unpaired) electrons. The number of rotatable bonds is 7. The molecule has 0 spiro atoms. The molecule has 1 heterocycles. The Morgan fingerprint density at radius 3 is 1.44 bits per heavy atom. The SMILES string of the molecule is c1ccc(-c2ccc(-c3cc4ccccc4c4ccccc34)cc2N(c2ccc(-c3cc4ccccc4c4ccccc34)cc2)c2cccc(-c3ccc4c(c3)oc3ccccc34)c2)cc1. The van der Waals surface area contributed by atoms with Crippen molar-refractivity contribution in [3.05, 3.63) is 249 Å². The van der Waals surface area contributed by atoms with Crippen LogP contribution in [0.1, 0.15) is 0 Å². The molecule has 0 bridgehead atoms. The van der Waals surface area contributed by atoms with E-state index in [1.165, 1.54) is 59.8 Å². The number of benzene rings is 12. The third-order valence-electron chi connectivity index (χ3n) is 13.4. The van der Waals surface area contributed by atoms with Gasteiger partial charge in [0.25, 0.3) is 0 Å². The zero-order chi connectivity index (χ0) is 43.6. The van der Waals surface area contributed by atoms with Gasteiger partial charge < -0.3 is 9.32 Å². The van der Waals surface area contributed by atoms with Crippen molar-refractivity contribution in [3.63, 3.8) is 0 Å². The van der Waals surface area contributed by atoms with Gasteiger partial charge in [0, 0.05) is 27.7 Å². The van der Waals surface area contributed by atoms with Crippen molar-refractivity contribution < 1.29 is 4.42 Å². The van der Waals surface area contributed by atoms with Gasteiger partial charge in [0.05, 0.1) is 5.69 Å². The van der Waals surface area contributed by atoms with E-state index >= 15 is 0 Å². The van der Waals surface area contributed by atoms with Gasteiger partial charge in [-0.3, -0.25) is 0 Å². The molecular formula is C64H41NO. The van der Waals surface area contributed by atoms with Gasteiger partial charge in [-0.25, -0.2) is 0 Å². The van der Waals surface area contributed by atoms with Gasteiger partial charge in [-0.1, -0.05) is 188 Å². The highest BCUT2D eigenvalue weighted by molar-refractivity contribution is 6.15. The summed E-state index contributed by atoms with van der Waals surface area (Å²) in [5, 5.41) is 12.2. The predicted molar refractivity (Wildman–Crippen MR) is 280 cm³/mol. The van der Waals surface area contributed by atoms with Crippen LogP contribution >= 0.6 is 0 Å². The second-order valence-electron chi connectivity index (χ2n) is 17.2. The summed E-state index contributed by atoms with van der Waals surface area (Å²) in [7, 11) is 0.